The number of likely N-dealkylation sites (tertiary alicyclic amines) is 1. The molecule has 1 saturated heterocycles. The largest absolute Gasteiger partial charge is 0.507 e. The molecule has 6 nitrogen and oxygen atoms in total. The number of ketones is 1. The average molecular weight is 427 g/mol. The van der Waals surface area contributed by atoms with Crippen LogP contribution in [0.3, 0.4) is 0 Å². The van der Waals surface area contributed by atoms with Crippen molar-refractivity contribution in [3.05, 3.63) is 71.0 Å². The van der Waals surface area contributed by atoms with Gasteiger partial charge in [-0.15, -0.1) is 0 Å². The number of amides is 1. The Balaban J connectivity index is 2.16. The SMILES string of the molecule is COCCCN1C(=O)C(=O)/C(=C(\O)c2ccc(F)cc2)C1c1ccccc1OC(C)C. The molecular weight excluding hydrogens is 401 g/mol. The molecule has 0 radical (unpaired) electrons. The van der Waals surface area contributed by atoms with Crippen molar-refractivity contribution >= 4 is 17.4 Å². The van der Waals surface area contributed by atoms with Crippen molar-refractivity contribution in [2.45, 2.75) is 32.4 Å². The van der Waals surface area contributed by atoms with E-state index in [1.54, 1.807) is 31.4 Å². The second-order valence-corrected chi connectivity index (χ2v) is 7.55. The van der Waals surface area contributed by atoms with Gasteiger partial charge in [0.2, 0.25) is 0 Å². The summed E-state index contributed by atoms with van der Waals surface area (Å²) in [7, 11) is 1.56. The number of hydrogen-bond acceptors (Lipinski definition) is 5. The lowest BCUT2D eigenvalue weighted by Gasteiger charge is -2.27. The van der Waals surface area contributed by atoms with Crippen LogP contribution < -0.4 is 4.74 Å². The van der Waals surface area contributed by atoms with Gasteiger partial charge < -0.3 is 19.5 Å². The van der Waals surface area contributed by atoms with Crippen LogP contribution in [0.25, 0.3) is 5.76 Å². The summed E-state index contributed by atoms with van der Waals surface area (Å²) in [6.07, 6.45) is 0.387. The zero-order valence-corrected chi connectivity index (χ0v) is 17.8. The molecule has 164 valence electrons. The standard InChI is InChI=1S/C24H26FNO5/c1-15(2)31-19-8-5-4-7-18(19)21-20(22(27)16-9-11-17(25)12-10-16)23(28)24(29)26(21)13-6-14-30-3/h4-5,7-12,15,21,27H,6,13-14H2,1-3H3/b22-20-. The van der Waals surface area contributed by atoms with E-state index in [-0.39, 0.29) is 29.5 Å². The molecule has 0 saturated carbocycles. The number of nitrogens with zero attached hydrogens (tertiary/aromatic N) is 1. The number of carbonyl (C=O) groups excluding carboxylic acids is 2. The van der Waals surface area contributed by atoms with Crippen molar-refractivity contribution in [3.63, 3.8) is 0 Å². The van der Waals surface area contributed by atoms with Gasteiger partial charge in [-0.3, -0.25) is 9.59 Å². The second kappa shape index (κ2) is 9.75. The highest BCUT2D eigenvalue weighted by Crippen LogP contribution is 2.42. The minimum absolute atomic E-state index is 0.0474. The summed E-state index contributed by atoms with van der Waals surface area (Å²) in [6.45, 7) is 4.44. The summed E-state index contributed by atoms with van der Waals surface area (Å²) in [5.74, 6) is -1.79. The Labute approximate surface area is 180 Å². The molecule has 1 N–H and O–H groups in total. The highest BCUT2D eigenvalue weighted by Gasteiger charge is 2.46. The lowest BCUT2D eigenvalue weighted by atomic mass is 9.94. The monoisotopic (exact) mass is 427 g/mol. The molecule has 1 heterocycles. The molecule has 2 aromatic rings. The summed E-state index contributed by atoms with van der Waals surface area (Å²) < 4.78 is 24.4. The van der Waals surface area contributed by atoms with Crippen LogP contribution in [0.1, 0.15) is 37.4 Å². The second-order valence-electron chi connectivity index (χ2n) is 7.55. The van der Waals surface area contributed by atoms with Gasteiger partial charge in [0.25, 0.3) is 11.7 Å². The number of para-hydroxylation sites is 1. The quantitative estimate of drug-likeness (QED) is 0.297. The maximum atomic E-state index is 13.4. The number of rotatable bonds is 8. The predicted octanol–water partition coefficient (Wildman–Crippen LogP) is 4.07. The molecule has 1 fully saturated rings. The van der Waals surface area contributed by atoms with E-state index in [4.69, 9.17) is 9.47 Å². The van der Waals surface area contributed by atoms with Crippen LogP contribution >= 0.6 is 0 Å². The average Bonchev–Trinajstić information content (AvgIpc) is 2.99. The third-order valence-electron chi connectivity index (χ3n) is 4.98. The number of Topliss-reactive ketones (excluding diaryl/α,β-unsaturated/α-hetero) is 1. The van der Waals surface area contributed by atoms with E-state index in [0.29, 0.717) is 24.3 Å². The van der Waals surface area contributed by atoms with Crippen molar-refractivity contribution in [1.29, 1.82) is 0 Å². The van der Waals surface area contributed by atoms with Gasteiger partial charge in [-0.1, -0.05) is 18.2 Å². The van der Waals surface area contributed by atoms with E-state index in [0.717, 1.165) is 0 Å². The summed E-state index contributed by atoms with van der Waals surface area (Å²) in [5, 5.41) is 11.0. The smallest absolute Gasteiger partial charge is 0.295 e. The number of methoxy groups -OCH3 is 1. The van der Waals surface area contributed by atoms with Crippen molar-refractivity contribution in [1.82, 2.24) is 4.90 Å². The third-order valence-corrected chi connectivity index (χ3v) is 4.98. The van der Waals surface area contributed by atoms with Crippen LogP contribution in [0.4, 0.5) is 4.39 Å². The van der Waals surface area contributed by atoms with Gasteiger partial charge >= 0.3 is 0 Å². The fraction of sp³-hybridized carbons (Fsp3) is 0.333. The zero-order valence-electron chi connectivity index (χ0n) is 17.8. The number of carbonyl (C=O) groups is 2. The first-order chi connectivity index (χ1) is 14.8. The fourth-order valence-corrected chi connectivity index (χ4v) is 3.64. The van der Waals surface area contributed by atoms with E-state index in [1.165, 1.54) is 29.2 Å². The number of hydrogen-bond donors (Lipinski definition) is 1. The number of benzene rings is 2. The summed E-state index contributed by atoms with van der Waals surface area (Å²) in [6, 6.07) is 11.4. The highest BCUT2D eigenvalue weighted by molar-refractivity contribution is 6.46. The lowest BCUT2D eigenvalue weighted by Crippen LogP contribution is -2.31. The first kappa shape index (κ1) is 22.5. The van der Waals surface area contributed by atoms with Crippen molar-refractivity contribution in [2.24, 2.45) is 0 Å². The third kappa shape index (κ3) is 4.77. The van der Waals surface area contributed by atoms with E-state index in [9.17, 15) is 19.1 Å². The minimum atomic E-state index is -0.836. The van der Waals surface area contributed by atoms with Gasteiger partial charge in [0, 0.05) is 31.4 Å². The van der Waals surface area contributed by atoms with Crippen LogP contribution in [-0.4, -0.2) is 48.1 Å². The predicted molar refractivity (Wildman–Crippen MR) is 114 cm³/mol. The molecule has 1 aliphatic heterocycles. The first-order valence-corrected chi connectivity index (χ1v) is 10.1. The molecule has 3 rings (SSSR count). The molecule has 1 amide bonds. The molecule has 0 bridgehead atoms. The van der Waals surface area contributed by atoms with Crippen LogP contribution in [0.2, 0.25) is 0 Å². The summed E-state index contributed by atoms with van der Waals surface area (Å²) >= 11 is 0. The number of aliphatic hydroxyl groups is 1. The van der Waals surface area contributed by atoms with Gasteiger partial charge in [0.1, 0.15) is 17.3 Å². The summed E-state index contributed by atoms with van der Waals surface area (Å²) in [5.41, 5.74) is 0.800. The van der Waals surface area contributed by atoms with Crippen molar-refractivity contribution in [2.75, 3.05) is 20.3 Å². The topological polar surface area (TPSA) is 76.1 Å². The molecule has 2 aromatic carbocycles. The number of ether oxygens (including phenoxy) is 2. The minimum Gasteiger partial charge on any atom is -0.507 e. The maximum Gasteiger partial charge on any atom is 0.295 e. The van der Waals surface area contributed by atoms with Gasteiger partial charge in [-0.25, -0.2) is 4.39 Å². The van der Waals surface area contributed by atoms with Gasteiger partial charge in [-0.05, 0) is 50.6 Å². The maximum absolute atomic E-state index is 13.4. The Morgan fingerprint density at radius 3 is 2.45 bits per heavy atom. The van der Waals surface area contributed by atoms with E-state index >= 15 is 0 Å². The van der Waals surface area contributed by atoms with Crippen LogP contribution in [-0.2, 0) is 14.3 Å². The molecule has 31 heavy (non-hydrogen) atoms. The number of halogens is 1. The molecule has 1 atom stereocenters. The number of aliphatic hydroxyl groups excluding tert-OH is 1. The van der Waals surface area contributed by atoms with Gasteiger partial charge in [0.05, 0.1) is 17.7 Å². The summed E-state index contributed by atoms with van der Waals surface area (Å²) in [4.78, 5) is 27.3. The van der Waals surface area contributed by atoms with Crippen LogP contribution in [0, 0.1) is 5.82 Å². The van der Waals surface area contributed by atoms with Crippen molar-refractivity contribution in [3.8, 4) is 5.75 Å². The van der Waals surface area contributed by atoms with E-state index < -0.39 is 23.5 Å². The normalized spacial score (nSPS) is 18.1. The Morgan fingerprint density at radius 2 is 1.81 bits per heavy atom. The molecule has 0 aromatic heterocycles. The Morgan fingerprint density at radius 1 is 1.13 bits per heavy atom. The molecule has 0 spiro atoms. The molecule has 1 aliphatic rings. The van der Waals surface area contributed by atoms with Crippen LogP contribution in [0.15, 0.2) is 54.1 Å². The highest BCUT2D eigenvalue weighted by atomic mass is 19.1. The van der Waals surface area contributed by atoms with Gasteiger partial charge in [-0.2, -0.15) is 0 Å². The lowest BCUT2D eigenvalue weighted by molar-refractivity contribution is -0.140. The van der Waals surface area contributed by atoms with Crippen molar-refractivity contribution < 1.29 is 28.6 Å². The Hall–Kier alpha value is -3.19. The fourth-order valence-electron chi connectivity index (χ4n) is 3.64. The Kier molecular flexibility index (Phi) is 7.07. The Bertz CT molecular complexity index is 984. The van der Waals surface area contributed by atoms with Gasteiger partial charge in [0.15, 0.2) is 0 Å². The molecular formula is C24H26FNO5. The zero-order chi connectivity index (χ0) is 22.5. The molecule has 7 heteroatoms. The van der Waals surface area contributed by atoms with E-state index in [1.807, 2.05) is 13.8 Å². The molecule has 0 aliphatic carbocycles. The van der Waals surface area contributed by atoms with E-state index in [2.05, 4.69) is 0 Å². The van der Waals surface area contributed by atoms with Crippen LogP contribution in [0.5, 0.6) is 5.75 Å². The first-order valence-electron chi connectivity index (χ1n) is 10.1. The molecule has 1 unspecified atom stereocenters.